The van der Waals surface area contributed by atoms with Gasteiger partial charge in [0.15, 0.2) is 5.76 Å². The van der Waals surface area contributed by atoms with Crippen LogP contribution in [0.25, 0.3) is 22.6 Å². The maximum absolute atomic E-state index is 15.1. The van der Waals surface area contributed by atoms with E-state index in [9.17, 15) is 14.9 Å². The minimum atomic E-state index is -0.965. The van der Waals surface area contributed by atoms with Crippen molar-refractivity contribution < 1.29 is 23.2 Å². The highest BCUT2D eigenvalue weighted by molar-refractivity contribution is 5.87. The summed E-state index contributed by atoms with van der Waals surface area (Å²) in [5, 5.41) is 16.6. The van der Waals surface area contributed by atoms with Crippen LogP contribution in [-0.4, -0.2) is 45.8 Å². The van der Waals surface area contributed by atoms with Gasteiger partial charge < -0.3 is 14.6 Å². The Labute approximate surface area is 226 Å². The Kier molecular flexibility index (Phi) is 7.13. The molecule has 0 spiro atoms. The Morgan fingerprint density at radius 2 is 1.95 bits per heavy atom. The molecule has 0 unspecified atom stereocenters. The average molecular weight is 531 g/mol. The summed E-state index contributed by atoms with van der Waals surface area (Å²) in [7, 11) is 0. The SMILES string of the molecule is CC(C)(C)OC(=O)N1[C@@H]2CC[C@@H](C2)[C@H]1C(=O)N[C@H](C#N)Cc1ccc(-c2cc(-c3ccccc3)no2)cc1F. The number of fused-ring (bicyclic) bond motifs is 2. The van der Waals surface area contributed by atoms with Crippen LogP contribution in [0.15, 0.2) is 59.1 Å². The fourth-order valence-corrected chi connectivity index (χ4v) is 5.53. The predicted octanol–water partition coefficient (Wildman–Crippen LogP) is 5.49. The van der Waals surface area contributed by atoms with E-state index in [-0.39, 0.29) is 23.9 Å². The second-order valence-electron chi connectivity index (χ2n) is 11.2. The number of rotatable bonds is 6. The number of halogens is 1. The van der Waals surface area contributed by atoms with Crippen molar-refractivity contribution in [1.82, 2.24) is 15.4 Å². The average Bonchev–Trinajstić information content (AvgIpc) is 3.65. The van der Waals surface area contributed by atoms with Crippen LogP contribution in [-0.2, 0) is 16.0 Å². The van der Waals surface area contributed by atoms with Crippen LogP contribution in [0, 0.1) is 23.1 Å². The van der Waals surface area contributed by atoms with Crippen LogP contribution >= 0.6 is 0 Å². The van der Waals surface area contributed by atoms with Gasteiger partial charge in [-0.05, 0) is 57.6 Å². The van der Waals surface area contributed by atoms with Crippen molar-refractivity contribution in [1.29, 1.82) is 5.26 Å². The second kappa shape index (κ2) is 10.5. The molecule has 2 fully saturated rings. The summed E-state index contributed by atoms with van der Waals surface area (Å²) in [6.45, 7) is 5.35. The molecule has 0 radical (unpaired) electrons. The van der Waals surface area contributed by atoms with E-state index in [2.05, 4.69) is 16.5 Å². The molecule has 9 heteroatoms. The lowest BCUT2D eigenvalue weighted by atomic mass is 9.97. The van der Waals surface area contributed by atoms with Gasteiger partial charge >= 0.3 is 6.09 Å². The summed E-state index contributed by atoms with van der Waals surface area (Å²) >= 11 is 0. The van der Waals surface area contributed by atoms with Gasteiger partial charge in [0, 0.05) is 29.7 Å². The minimum absolute atomic E-state index is 0.0144. The Morgan fingerprint density at radius 3 is 2.64 bits per heavy atom. The molecule has 1 aromatic heterocycles. The number of nitrogens with zero attached hydrogens (tertiary/aromatic N) is 3. The van der Waals surface area contributed by atoms with Crippen molar-refractivity contribution in [3.8, 4) is 28.7 Å². The number of nitrogens with one attached hydrogen (secondary N) is 1. The van der Waals surface area contributed by atoms with Crippen molar-refractivity contribution in [3.05, 3.63) is 66.0 Å². The van der Waals surface area contributed by atoms with Crippen LogP contribution in [0.4, 0.5) is 9.18 Å². The van der Waals surface area contributed by atoms with E-state index in [4.69, 9.17) is 9.26 Å². The van der Waals surface area contributed by atoms with E-state index < -0.39 is 35.5 Å². The molecule has 1 aliphatic heterocycles. The molecule has 4 atom stereocenters. The van der Waals surface area contributed by atoms with Gasteiger partial charge in [-0.2, -0.15) is 5.26 Å². The summed E-state index contributed by atoms with van der Waals surface area (Å²) in [6, 6.07) is 16.2. The van der Waals surface area contributed by atoms with Crippen LogP contribution in [0.2, 0.25) is 0 Å². The third-order valence-electron chi connectivity index (χ3n) is 7.27. The zero-order valence-electron chi connectivity index (χ0n) is 22.2. The zero-order valence-corrected chi connectivity index (χ0v) is 22.2. The van der Waals surface area contributed by atoms with Crippen molar-refractivity contribution in [2.75, 3.05) is 0 Å². The third-order valence-corrected chi connectivity index (χ3v) is 7.27. The van der Waals surface area contributed by atoms with Gasteiger partial charge in [0.1, 0.15) is 29.2 Å². The lowest BCUT2D eigenvalue weighted by Gasteiger charge is -2.35. The molecule has 1 saturated heterocycles. The highest BCUT2D eigenvalue weighted by atomic mass is 19.1. The summed E-state index contributed by atoms with van der Waals surface area (Å²) in [4.78, 5) is 27.7. The van der Waals surface area contributed by atoms with Crippen molar-refractivity contribution in [3.63, 3.8) is 0 Å². The fourth-order valence-electron chi connectivity index (χ4n) is 5.53. The number of carbonyl (C=O) groups excluding carboxylic acids is 2. The van der Waals surface area contributed by atoms with E-state index in [0.717, 1.165) is 24.8 Å². The van der Waals surface area contributed by atoms with Gasteiger partial charge in [0.05, 0.1) is 6.07 Å². The second-order valence-corrected chi connectivity index (χ2v) is 11.2. The number of nitriles is 1. The fraction of sp³-hybridized carbons (Fsp3) is 0.400. The first kappa shape index (κ1) is 26.4. The number of benzene rings is 2. The van der Waals surface area contributed by atoms with Gasteiger partial charge in [-0.3, -0.25) is 9.69 Å². The largest absolute Gasteiger partial charge is 0.444 e. The number of likely N-dealkylation sites (tertiary alicyclic amines) is 1. The van der Waals surface area contributed by atoms with Crippen LogP contribution in [0.5, 0.6) is 0 Å². The number of carbonyl (C=O) groups is 2. The number of amides is 2. The van der Waals surface area contributed by atoms with Crippen LogP contribution < -0.4 is 5.32 Å². The highest BCUT2D eigenvalue weighted by Gasteiger charge is 2.52. The topological polar surface area (TPSA) is 108 Å². The number of aromatic nitrogens is 1. The smallest absolute Gasteiger partial charge is 0.411 e. The van der Waals surface area contributed by atoms with Gasteiger partial charge in [0.2, 0.25) is 5.91 Å². The molecule has 5 rings (SSSR count). The number of piperidine rings is 1. The summed E-state index contributed by atoms with van der Waals surface area (Å²) in [6.07, 6.45) is 1.85. The number of ether oxygens (including phenoxy) is 1. The molecular formula is C30H31FN4O4. The first-order chi connectivity index (χ1) is 18.6. The number of hydrogen-bond donors (Lipinski definition) is 1. The molecule has 1 aliphatic carbocycles. The predicted molar refractivity (Wildman–Crippen MR) is 142 cm³/mol. The van der Waals surface area contributed by atoms with Crippen molar-refractivity contribution in [2.45, 2.75) is 70.2 Å². The Balaban J connectivity index is 1.26. The molecule has 2 aliphatic rings. The molecule has 39 heavy (non-hydrogen) atoms. The summed E-state index contributed by atoms with van der Waals surface area (Å²) in [5.41, 5.74) is 1.64. The molecular weight excluding hydrogens is 499 g/mol. The first-order valence-corrected chi connectivity index (χ1v) is 13.1. The van der Waals surface area contributed by atoms with Crippen molar-refractivity contribution >= 4 is 12.0 Å². The van der Waals surface area contributed by atoms with E-state index >= 15 is 4.39 Å². The van der Waals surface area contributed by atoms with E-state index in [1.165, 1.54) is 11.0 Å². The minimum Gasteiger partial charge on any atom is -0.444 e. The summed E-state index contributed by atoms with van der Waals surface area (Å²) < 4.78 is 26.1. The molecule has 1 saturated carbocycles. The highest BCUT2D eigenvalue weighted by Crippen LogP contribution is 2.43. The number of hydrogen-bond acceptors (Lipinski definition) is 6. The van der Waals surface area contributed by atoms with Gasteiger partial charge in [0.25, 0.3) is 0 Å². The zero-order chi connectivity index (χ0) is 27.7. The van der Waals surface area contributed by atoms with Crippen molar-refractivity contribution in [2.24, 2.45) is 5.92 Å². The molecule has 2 amide bonds. The van der Waals surface area contributed by atoms with E-state index in [1.807, 2.05) is 30.3 Å². The molecule has 8 nitrogen and oxygen atoms in total. The molecule has 2 aromatic carbocycles. The monoisotopic (exact) mass is 530 g/mol. The lowest BCUT2D eigenvalue weighted by molar-refractivity contribution is -0.128. The Hall–Kier alpha value is -4.19. The van der Waals surface area contributed by atoms with Gasteiger partial charge in [-0.15, -0.1) is 0 Å². The van der Waals surface area contributed by atoms with Crippen LogP contribution in [0.3, 0.4) is 0 Å². The molecule has 1 N–H and O–H groups in total. The lowest BCUT2D eigenvalue weighted by Crippen LogP contribution is -2.55. The van der Waals surface area contributed by atoms with Gasteiger partial charge in [-0.25, -0.2) is 9.18 Å². The first-order valence-electron chi connectivity index (χ1n) is 13.1. The molecule has 202 valence electrons. The van der Waals surface area contributed by atoms with Gasteiger partial charge in [-0.1, -0.05) is 47.6 Å². The standard InChI is InChI=1S/C30H31FN4O4/c1-30(2,3)38-29(37)35-23-12-11-21(14-23)27(35)28(36)33-22(17-32)13-19-9-10-20(15-24(19)31)26-16-25(34-39-26)18-7-5-4-6-8-18/h4-10,15-16,21-23,27H,11-14H2,1-3H3,(H,33,36)/t21-,22-,23+,27-/m0/s1. The molecule has 2 heterocycles. The quantitative estimate of drug-likeness (QED) is 0.452. The third kappa shape index (κ3) is 5.65. The normalized spacial score (nSPS) is 20.9. The maximum atomic E-state index is 15.1. The van der Waals surface area contributed by atoms with E-state index in [0.29, 0.717) is 17.0 Å². The molecule has 2 bridgehead atoms. The Bertz CT molecular complexity index is 1410. The summed E-state index contributed by atoms with van der Waals surface area (Å²) in [5.74, 6) is -0.495. The van der Waals surface area contributed by atoms with Crippen LogP contribution in [0.1, 0.15) is 45.6 Å². The van der Waals surface area contributed by atoms with E-state index in [1.54, 1.807) is 39.0 Å². The Morgan fingerprint density at radius 1 is 1.18 bits per heavy atom. The molecule has 3 aromatic rings. The maximum Gasteiger partial charge on any atom is 0.411 e.